The van der Waals surface area contributed by atoms with Gasteiger partial charge in [-0.2, -0.15) is 0 Å². The number of hydrogen-bond acceptors (Lipinski definition) is 3. The largest absolute Gasteiger partial charge is 0.489 e. The molecule has 1 N–H and O–H groups in total. The molecule has 1 aromatic carbocycles. The Labute approximate surface area is 133 Å². The molecule has 0 saturated carbocycles. The van der Waals surface area contributed by atoms with Crippen molar-refractivity contribution in [1.29, 1.82) is 0 Å². The van der Waals surface area contributed by atoms with E-state index in [9.17, 15) is 9.18 Å². The Morgan fingerprint density at radius 3 is 2.83 bits per heavy atom. The maximum atomic E-state index is 13.7. The van der Waals surface area contributed by atoms with Crippen LogP contribution in [0.25, 0.3) is 0 Å². The number of pyridine rings is 1. The number of aromatic carboxylic acids is 1. The monoisotopic (exact) mass is 315 g/mol. The fourth-order valence-corrected chi connectivity index (χ4v) is 2.99. The molecule has 120 valence electrons. The van der Waals surface area contributed by atoms with E-state index in [0.717, 1.165) is 48.7 Å². The van der Waals surface area contributed by atoms with Gasteiger partial charge in [0.15, 0.2) is 0 Å². The number of carboxylic acids is 1. The van der Waals surface area contributed by atoms with Crippen molar-refractivity contribution in [2.24, 2.45) is 0 Å². The van der Waals surface area contributed by atoms with Crippen LogP contribution < -0.4 is 4.74 Å². The summed E-state index contributed by atoms with van der Waals surface area (Å²) in [6.07, 6.45) is 4.29. The lowest BCUT2D eigenvalue weighted by atomic mass is 9.92. The van der Waals surface area contributed by atoms with E-state index >= 15 is 0 Å². The number of aromatic nitrogens is 1. The summed E-state index contributed by atoms with van der Waals surface area (Å²) < 4.78 is 19.4. The second-order valence-electron chi connectivity index (χ2n) is 5.79. The third-order valence-corrected chi connectivity index (χ3v) is 4.09. The van der Waals surface area contributed by atoms with Crippen LogP contribution in [-0.4, -0.2) is 16.1 Å². The minimum Gasteiger partial charge on any atom is -0.489 e. The van der Waals surface area contributed by atoms with Crippen LogP contribution in [0.2, 0.25) is 0 Å². The summed E-state index contributed by atoms with van der Waals surface area (Å²) in [5, 5.41) is 8.84. The van der Waals surface area contributed by atoms with Gasteiger partial charge in [0.25, 0.3) is 0 Å². The third-order valence-electron chi connectivity index (χ3n) is 4.09. The second-order valence-corrected chi connectivity index (χ2v) is 5.79. The maximum Gasteiger partial charge on any atom is 0.338 e. The lowest BCUT2D eigenvalue weighted by Gasteiger charge is -2.19. The number of fused-ring (bicyclic) bond motifs is 1. The van der Waals surface area contributed by atoms with Crippen LogP contribution in [-0.2, 0) is 19.4 Å². The number of ether oxygens (including phenoxy) is 1. The van der Waals surface area contributed by atoms with Crippen LogP contribution in [0.4, 0.5) is 4.39 Å². The molecule has 0 aliphatic heterocycles. The Kier molecular flexibility index (Phi) is 4.28. The molecule has 0 radical (unpaired) electrons. The lowest BCUT2D eigenvalue weighted by molar-refractivity contribution is 0.0692. The average molecular weight is 315 g/mol. The van der Waals surface area contributed by atoms with Crippen LogP contribution in [0.15, 0.2) is 24.3 Å². The van der Waals surface area contributed by atoms with Crippen molar-refractivity contribution >= 4 is 5.97 Å². The van der Waals surface area contributed by atoms with Crippen LogP contribution in [0.3, 0.4) is 0 Å². The first kappa shape index (κ1) is 15.5. The van der Waals surface area contributed by atoms with E-state index < -0.39 is 11.8 Å². The van der Waals surface area contributed by atoms with Crippen molar-refractivity contribution in [3.05, 3.63) is 58.2 Å². The van der Waals surface area contributed by atoms with Crippen molar-refractivity contribution in [2.75, 3.05) is 0 Å². The van der Waals surface area contributed by atoms with Crippen molar-refractivity contribution in [3.63, 3.8) is 0 Å². The van der Waals surface area contributed by atoms with Gasteiger partial charge >= 0.3 is 5.97 Å². The molecule has 23 heavy (non-hydrogen) atoms. The highest BCUT2D eigenvalue weighted by Gasteiger charge is 2.16. The zero-order valence-electron chi connectivity index (χ0n) is 12.9. The van der Waals surface area contributed by atoms with Crippen LogP contribution in [0.1, 0.15) is 45.7 Å². The molecule has 1 aliphatic rings. The molecule has 0 bridgehead atoms. The molecule has 4 nitrogen and oxygen atoms in total. The van der Waals surface area contributed by atoms with Gasteiger partial charge in [-0.3, -0.25) is 4.98 Å². The van der Waals surface area contributed by atoms with E-state index in [1.165, 1.54) is 17.7 Å². The average Bonchev–Trinajstić information content (AvgIpc) is 2.52. The molecule has 0 saturated heterocycles. The zero-order chi connectivity index (χ0) is 16.4. The molecule has 3 rings (SSSR count). The van der Waals surface area contributed by atoms with Gasteiger partial charge in [0.2, 0.25) is 0 Å². The highest BCUT2D eigenvalue weighted by atomic mass is 19.1. The number of hydrogen-bond donors (Lipinski definition) is 1. The molecule has 0 amide bonds. The summed E-state index contributed by atoms with van der Waals surface area (Å²) in [4.78, 5) is 15.4. The molecule has 0 spiro atoms. The Morgan fingerprint density at radius 1 is 1.30 bits per heavy atom. The maximum absolute atomic E-state index is 13.7. The van der Waals surface area contributed by atoms with Gasteiger partial charge < -0.3 is 9.84 Å². The molecule has 2 aromatic rings. The summed E-state index contributed by atoms with van der Waals surface area (Å²) in [7, 11) is 0. The van der Waals surface area contributed by atoms with E-state index in [1.807, 2.05) is 13.0 Å². The predicted molar refractivity (Wildman–Crippen MR) is 83.3 cm³/mol. The van der Waals surface area contributed by atoms with Gasteiger partial charge in [-0.1, -0.05) is 0 Å². The van der Waals surface area contributed by atoms with E-state index in [2.05, 4.69) is 4.98 Å². The molecule has 0 fully saturated rings. The van der Waals surface area contributed by atoms with E-state index in [-0.39, 0.29) is 5.56 Å². The van der Waals surface area contributed by atoms with Crippen molar-refractivity contribution in [3.8, 4) is 5.75 Å². The molecule has 0 unspecified atom stereocenters. The normalized spacial score (nSPS) is 13.5. The minimum absolute atomic E-state index is 0.325. The Hall–Kier alpha value is -2.43. The fourth-order valence-electron chi connectivity index (χ4n) is 2.99. The number of rotatable bonds is 4. The van der Waals surface area contributed by atoms with Crippen LogP contribution in [0, 0.1) is 12.7 Å². The molecular formula is C18H18FNO3. The van der Waals surface area contributed by atoms with Crippen molar-refractivity contribution < 1.29 is 19.0 Å². The first-order valence-electron chi connectivity index (χ1n) is 7.68. The van der Waals surface area contributed by atoms with Crippen LogP contribution >= 0.6 is 0 Å². The van der Waals surface area contributed by atoms with Gasteiger partial charge in [0.1, 0.15) is 18.2 Å². The Morgan fingerprint density at radius 2 is 2.09 bits per heavy atom. The lowest BCUT2D eigenvalue weighted by Crippen LogP contribution is -2.11. The molecule has 1 aliphatic carbocycles. The zero-order valence-corrected chi connectivity index (χ0v) is 12.9. The number of aryl methyl sites for hydroxylation is 2. The first-order valence-corrected chi connectivity index (χ1v) is 7.68. The number of carboxylic acid groups (broad SMARTS) is 1. The van der Waals surface area contributed by atoms with Gasteiger partial charge in [0, 0.05) is 17.5 Å². The van der Waals surface area contributed by atoms with Gasteiger partial charge in [-0.25, -0.2) is 9.18 Å². The topological polar surface area (TPSA) is 59.4 Å². The number of halogens is 1. The molecule has 0 atom stereocenters. The van der Waals surface area contributed by atoms with E-state index in [0.29, 0.717) is 12.4 Å². The molecular weight excluding hydrogens is 297 g/mol. The minimum atomic E-state index is -1.28. The summed E-state index contributed by atoms with van der Waals surface area (Å²) in [6.45, 7) is 2.29. The molecule has 5 heteroatoms. The number of nitrogens with zero attached hydrogens (tertiary/aromatic N) is 1. The summed E-state index contributed by atoms with van der Waals surface area (Å²) in [5.74, 6) is -1.75. The second kappa shape index (κ2) is 6.36. The Bertz CT molecular complexity index is 758. The summed E-state index contributed by atoms with van der Waals surface area (Å²) >= 11 is 0. The third kappa shape index (κ3) is 3.33. The van der Waals surface area contributed by atoms with Crippen molar-refractivity contribution in [2.45, 2.75) is 39.2 Å². The highest BCUT2D eigenvalue weighted by Crippen LogP contribution is 2.25. The van der Waals surface area contributed by atoms with Crippen molar-refractivity contribution in [1.82, 2.24) is 4.98 Å². The van der Waals surface area contributed by atoms with E-state index in [4.69, 9.17) is 9.84 Å². The summed E-state index contributed by atoms with van der Waals surface area (Å²) in [6, 6.07) is 5.82. The van der Waals surface area contributed by atoms with Crippen LogP contribution in [0.5, 0.6) is 5.75 Å². The van der Waals surface area contributed by atoms with Gasteiger partial charge in [-0.05, 0) is 61.9 Å². The quantitative estimate of drug-likeness (QED) is 0.935. The summed E-state index contributed by atoms with van der Waals surface area (Å²) in [5.41, 5.74) is 4.06. The smallest absolute Gasteiger partial charge is 0.338 e. The van der Waals surface area contributed by atoms with Gasteiger partial charge in [0.05, 0.1) is 5.56 Å². The van der Waals surface area contributed by atoms with E-state index in [1.54, 1.807) is 0 Å². The highest BCUT2D eigenvalue weighted by molar-refractivity contribution is 5.88. The number of benzene rings is 1. The fraction of sp³-hybridized carbons (Fsp3) is 0.333. The SMILES string of the molecule is Cc1cc(COc2ccc(C(=O)O)c(F)c2)c2c(n1)CCCC2. The molecule has 1 aromatic heterocycles. The Balaban J connectivity index is 1.80. The molecule has 1 heterocycles. The van der Waals surface area contributed by atoms with Gasteiger partial charge in [-0.15, -0.1) is 0 Å². The number of carbonyl (C=O) groups is 1. The predicted octanol–water partition coefficient (Wildman–Crippen LogP) is 3.69. The standard InChI is InChI=1S/C18H18FNO3/c1-11-8-12(14-4-2-3-5-17(14)20-11)10-23-13-6-7-15(18(21)22)16(19)9-13/h6-9H,2-5,10H2,1H3,(H,21,22). The first-order chi connectivity index (χ1) is 11.0.